The van der Waals surface area contributed by atoms with Crippen molar-refractivity contribution < 1.29 is 34.3 Å². The molecule has 2 rings (SSSR count). The lowest BCUT2D eigenvalue weighted by molar-refractivity contribution is 0.384. The Balaban J connectivity index is 0.000000231. The molecule has 0 aliphatic carbocycles. The molecule has 0 fully saturated rings. The highest BCUT2D eigenvalue weighted by Crippen LogP contribution is 2.12. The molecule has 2 aromatic rings. The number of para-hydroxylation sites is 1. The zero-order valence-corrected chi connectivity index (χ0v) is 13.5. The largest absolute Gasteiger partial charge is 0.446 e. The molecule has 2 N–H and O–H groups in total. The van der Waals surface area contributed by atoms with E-state index in [4.69, 9.17) is 9.11 Å². The second-order valence-electron chi connectivity index (χ2n) is 4.15. The Morgan fingerprint density at radius 3 is 1.48 bits per heavy atom. The van der Waals surface area contributed by atoms with Gasteiger partial charge in [0.1, 0.15) is 11.5 Å². The van der Waals surface area contributed by atoms with Gasteiger partial charge in [0.15, 0.2) is 0 Å². The standard InChI is InChI=1S/C7H8O4S.C6H6O4S/c1-6-2-4-7(5-3-6)11-12(8,9)10;7-11(8,9)10-6-4-2-1-3-5-6/h2-5H,1H3,(H,8,9,10);1-5H,(H,7,8,9). The van der Waals surface area contributed by atoms with Crippen LogP contribution in [0.4, 0.5) is 0 Å². The molecule has 0 saturated heterocycles. The number of hydrogen-bond donors (Lipinski definition) is 2. The Morgan fingerprint density at radius 2 is 1.09 bits per heavy atom. The molecule has 10 heteroatoms. The van der Waals surface area contributed by atoms with Crippen molar-refractivity contribution in [2.45, 2.75) is 6.92 Å². The molecule has 0 spiro atoms. The summed E-state index contributed by atoms with van der Waals surface area (Å²) in [5, 5.41) is 0. The number of benzene rings is 2. The summed E-state index contributed by atoms with van der Waals surface area (Å²) in [6.07, 6.45) is 0. The van der Waals surface area contributed by atoms with E-state index in [0.29, 0.717) is 0 Å². The van der Waals surface area contributed by atoms with Crippen LogP contribution in [0.25, 0.3) is 0 Å². The maximum absolute atomic E-state index is 10.2. The quantitative estimate of drug-likeness (QED) is 0.791. The normalized spacial score (nSPS) is 11.1. The van der Waals surface area contributed by atoms with E-state index in [1.54, 1.807) is 30.3 Å². The molecule has 0 saturated carbocycles. The van der Waals surface area contributed by atoms with Crippen LogP contribution < -0.4 is 8.37 Å². The summed E-state index contributed by atoms with van der Waals surface area (Å²) in [5.74, 6) is 0.193. The predicted octanol–water partition coefficient (Wildman–Crippen LogP) is 2.04. The fourth-order valence-corrected chi connectivity index (χ4v) is 2.02. The first kappa shape index (κ1) is 18.9. The van der Waals surface area contributed by atoms with Crippen molar-refractivity contribution in [1.82, 2.24) is 0 Å². The van der Waals surface area contributed by atoms with Gasteiger partial charge in [-0.25, -0.2) is 0 Å². The van der Waals surface area contributed by atoms with Crippen molar-refractivity contribution in [2.75, 3.05) is 0 Å². The molecule has 0 amide bonds. The highest BCUT2D eigenvalue weighted by molar-refractivity contribution is 7.81. The molecular weight excluding hydrogens is 348 g/mol. The van der Waals surface area contributed by atoms with Gasteiger partial charge in [-0.2, -0.15) is 16.8 Å². The first-order chi connectivity index (χ1) is 10.6. The fraction of sp³-hybridized carbons (Fsp3) is 0.0769. The van der Waals surface area contributed by atoms with E-state index >= 15 is 0 Å². The molecule has 2 aromatic carbocycles. The Labute approximate surface area is 134 Å². The molecule has 0 unspecified atom stereocenters. The summed E-state index contributed by atoms with van der Waals surface area (Å²) in [6.45, 7) is 1.86. The van der Waals surface area contributed by atoms with E-state index < -0.39 is 20.8 Å². The van der Waals surface area contributed by atoms with Crippen LogP contribution in [0, 0.1) is 6.92 Å². The summed E-state index contributed by atoms with van der Waals surface area (Å²) < 4.78 is 65.5. The topological polar surface area (TPSA) is 127 Å². The summed E-state index contributed by atoms with van der Waals surface area (Å²) in [4.78, 5) is 0. The summed E-state index contributed by atoms with van der Waals surface area (Å²) >= 11 is 0. The average molecular weight is 362 g/mol. The second-order valence-corrected chi connectivity index (χ2v) is 6.19. The van der Waals surface area contributed by atoms with Crippen molar-refractivity contribution in [3.63, 3.8) is 0 Å². The third-order valence-electron chi connectivity index (χ3n) is 2.17. The van der Waals surface area contributed by atoms with Crippen LogP contribution in [0.15, 0.2) is 54.6 Å². The minimum atomic E-state index is -4.39. The van der Waals surface area contributed by atoms with Gasteiger partial charge in [-0.05, 0) is 31.2 Å². The fourth-order valence-electron chi connectivity index (χ4n) is 1.31. The second kappa shape index (κ2) is 7.92. The third kappa shape index (κ3) is 9.47. The van der Waals surface area contributed by atoms with E-state index in [1.165, 1.54) is 24.3 Å². The van der Waals surface area contributed by atoms with Gasteiger partial charge in [0.2, 0.25) is 0 Å². The molecule has 0 radical (unpaired) electrons. The predicted molar refractivity (Wildman–Crippen MR) is 82.0 cm³/mol. The Bertz CT molecular complexity index is 812. The van der Waals surface area contributed by atoms with E-state index in [-0.39, 0.29) is 11.5 Å². The van der Waals surface area contributed by atoms with E-state index in [1.807, 2.05) is 6.92 Å². The van der Waals surface area contributed by atoms with Gasteiger partial charge >= 0.3 is 20.8 Å². The summed E-state index contributed by atoms with van der Waals surface area (Å²) in [5.41, 5.74) is 0.984. The maximum Gasteiger partial charge on any atom is 0.446 e. The molecule has 126 valence electrons. The SMILES string of the molecule is Cc1ccc(OS(=O)(=O)O)cc1.O=S(=O)(O)Oc1ccccc1. The van der Waals surface area contributed by atoms with Crippen LogP contribution in [0.1, 0.15) is 5.56 Å². The van der Waals surface area contributed by atoms with E-state index in [9.17, 15) is 16.8 Å². The van der Waals surface area contributed by atoms with Gasteiger partial charge in [0.05, 0.1) is 0 Å². The number of rotatable bonds is 4. The van der Waals surface area contributed by atoms with Gasteiger partial charge in [0.25, 0.3) is 0 Å². The molecular formula is C13H14O8S2. The number of aryl methyl sites for hydroxylation is 1. The zero-order chi connectivity index (χ0) is 17.5. The Morgan fingerprint density at radius 1 is 0.696 bits per heavy atom. The number of hydrogen-bond acceptors (Lipinski definition) is 6. The molecule has 0 atom stereocenters. The molecule has 0 bridgehead atoms. The van der Waals surface area contributed by atoms with Gasteiger partial charge in [-0.15, -0.1) is 0 Å². The van der Waals surface area contributed by atoms with Gasteiger partial charge in [0, 0.05) is 0 Å². The maximum atomic E-state index is 10.2. The lowest BCUT2D eigenvalue weighted by Crippen LogP contribution is -2.06. The van der Waals surface area contributed by atoms with Crippen LogP contribution >= 0.6 is 0 Å². The Hall–Kier alpha value is -2.14. The van der Waals surface area contributed by atoms with Crippen molar-refractivity contribution in [3.8, 4) is 11.5 Å². The molecule has 0 aliphatic heterocycles. The Kier molecular flexibility index (Phi) is 6.51. The summed E-state index contributed by atoms with van der Waals surface area (Å²) in [6, 6.07) is 14.0. The van der Waals surface area contributed by atoms with Crippen LogP contribution in [0.3, 0.4) is 0 Å². The van der Waals surface area contributed by atoms with Crippen molar-refractivity contribution >= 4 is 20.8 Å². The molecule has 0 aromatic heterocycles. The van der Waals surface area contributed by atoms with Crippen LogP contribution in [-0.4, -0.2) is 25.9 Å². The van der Waals surface area contributed by atoms with Crippen LogP contribution in [0.2, 0.25) is 0 Å². The van der Waals surface area contributed by atoms with Crippen molar-refractivity contribution in [1.29, 1.82) is 0 Å². The highest BCUT2D eigenvalue weighted by Gasteiger charge is 2.05. The average Bonchev–Trinajstić information content (AvgIpc) is 2.40. The lowest BCUT2D eigenvalue weighted by atomic mass is 10.2. The molecule has 23 heavy (non-hydrogen) atoms. The minimum Gasteiger partial charge on any atom is -0.362 e. The smallest absolute Gasteiger partial charge is 0.362 e. The monoisotopic (exact) mass is 362 g/mol. The van der Waals surface area contributed by atoms with Gasteiger partial charge in [-0.3, -0.25) is 9.11 Å². The highest BCUT2D eigenvalue weighted by atomic mass is 32.3. The molecule has 0 aliphatic rings. The molecule has 8 nitrogen and oxygen atoms in total. The van der Waals surface area contributed by atoms with Gasteiger partial charge in [-0.1, -0.05) is 35.9 Å². The first-order valence-electron chi connectivity index (χ1n) is 6.01. The first-order valence-corrected chi connectivity index (χ1v) is 8.74. The lowest BCUT2D eigenvalue weighted by Gasteiger charge is -2.00. The van der Waals surface area contributed by atoms with Crippen LogP contribution in [0.5, 0.6) is 11.5 Å². The van der Waals surface area contributed by atoms with E-state index in [0.717, 1.165) is 5.56 Å². The van der Waals surface area contributed by atoms with E-state index in [2.05, 4.69) is 8.37 Å². The minimum absolute atomic E-state index is 0.0926. The van der Waals surface area contributed by atoms with Crippen molar-refractivity contribution in [3.05, 3.63) is 60.2 Å². The third-order valence-corrected chi connectivity index (χ3v) is 2.97. The van der Waals surface area contributed by atoms with Gasteiger partial charge < -0.3 is 8.37 Å². The summed E-state index contributed by atoms with van der Waals surface area (Å²) in [7, 11) is -8.77. The zero-order valence-electron chi connectivity index (χ0n) is 11.9. The van der Waals surface area contributed by atoms with Crippen molar-refractivity contribution in [2.24, 2.45) is 0 Å². The molecule has 0 heterocycles. The van der Waals surface area contributed by atoms with Crippen LogP contribution in [-0.2, 0) is 20.8 Å².